The van der Waals surface area contributed by atoms with E-state index in [1.165, 1.54) is 0 Å². The number of anilines is 1. The zero-order chi connectivity index (χ0) is 19.3. The number of ether oxygens (including phenoxy) is 1. The summed E-state index contributed by atoms with van der Waals surface area (Å²) in [4.78, 5) is 20.3. The van der Waals surface area contributed by atoms with Crippen molar-refractivity contribution in [2.45, 2.75) is 37.8 Å². The average molecular weight is 415 g/mol. The molecule has 6 nitrogen and oxygen atoms in total. The fraction of sp³-hybridized carbons (Fsp3) is 0.350. The van der Waals surface area contributed by atoms with E-state index in [2.05, 4.69) is 15.3 Å². The van der Waals surface area contributed by atoms with Crippen LogP contribution in [0.15, 0.2) is 36.5 Å². The summed E-state index contributed by atoms with van der Waals surface area (Å²) >= 11 is 7.85. The van der Waals surface area contributed by atoms with Crippen LogP contribution in [-0.2, 0) is 0 Å². The van der Waals surface area contributed by atoms with Crippen molar-refractivity contribution in [1.82, 2.24) is 9.97 Å². The van der Waals surface area contributed by atoms with Gasteiger partial charge in [0, 0.05) is 12.2 Å². The number of fused-ring (bicyclic) bond motifs is 1. The summed E-state index contributed by atoms with van der Waals surface area (Å²) in [5, 5.41) is 5.16. The van der Waals surface area contributed by atoms with Gasteiger partial charge in [0.05, 0.1) is 9.72 Å². The molecule has 0 saturated heterocycles. The van der Waals surface area contributed by atoms with E-state index in [1.807, 2.05) is 18.2 Å². The quantitative estimate of drug-likeness (QED) is 0.651. The van der Waals surface area contributed by atoms with Gasteiger partial charge >= 0.3 is 0 Å². The van der Waals surface area contributed by atoms with E-state index in [0.29, 0.717) is 27.9 Å². The molecule has 2 aromatic heterocycles. The van der Waals surface area contributed by atoms with Gasteiger partial charge in [-0.3, -0.25) is 4.79 Å². The molecule has 28 heavy (non-hydrogen) atoms. The van der Waals surface area contributed by atoms with Crippen molar-refractivity contribution in [2.24, 2.45) is 11.1 Å². The number of rotatable bonds is 5. The van der Waals surface area contributed by atoms with Crippen molar-refractivity contribution in [3.05, 3.63) is 47.1 Å². The van der Waals surface area contributed by atoms with Gasteiger partial charge in [-0.05, 0) is 55.4 Å². The molecule has 3 N–H and O–H groups in total. The van der Waals surface area contributed by atoms with Crippen LogP contribution in [0.1, 0.15) is 36.0 Å². The van der Waals surface area contributed by atoms with Gasteiger partial charge < -0.3 is 15.8 Å². The summed E-state index contributed by atoms with van der Waals surface area (Å²) in [5.74, 6) is -0.170. The van der Waals surface area contributed by atoms with Crippen molar-refractivity contribution in [1.29, 1.82) is 0 Å². The number of carbonyl (C=O) groups is 1. The van der Waals surface area contributed by atoms with E-state index >= 15 is 0 Å². The van der Waals surface area contributed by atoms with Crippen LogP contribution in [0.25, 0.3) is 10.2 Å². The summed E-state index contributed by atoms with van der Waals surface area (Å²) in [6.45, 7) is 0. The summed E-state index contributed by atoms with van der Waals surface area (Å²) in [6.07, 6.45) is 5.86. The summed E-state index contributed by atoms with van der Waals surface area (Å²) < 4.78 is 7.02. The van der Waals surface area contributed by atoms with Crippen molar-refractivity contribution in [3.8, 4) is 5.88 Å². The van der Waals surface area contributed by atoms with Crippen molar-refractivity contribution < 1.29 is 9.53 Å². The molecule has 144 valence electrons. The monoisotopic (exact) mass is 414 g/mol. The number of para-hydroxylation sites is 1. The molecule has 2 aliphatic rings. The Morgan fingerprint density at radius 3 is 2.82 bits per heavy atom. The van der Waals surface area contributed by atoms with Gasteiger partial charge in [0.2, 0.25) is 5.88 Å². The van der Waals surface area contributed by atoms with Crippen LogP contribution in [0, 0.1) is 5.41 Å². The highest BCUT2D eigenvalue weighted by molar-refractivity contribution is 7.22. The normalized spacial score (nSPS) is 25.9. The number of nitrogens with two attached hydrogens (primary N) is 1. The Kier molecular flexibility index (Phi) is 4.17. The van der Waals surface area contributed by atoms with E-state index in [0.717, 1.165) is 41.0 Å². The molecule has 2 aliphatic carbocycles. The number of primary amides is 1. The minimum absolute atomic E-state index is 0.0928. The highest BCUT2D eigenvalue weighted by atomic mass is 35.5. The molecule has 1 amide bonds. The number of hydrogen-bond donors (Lipinski definition) is 2. The minimum Gasteiger partial charge on any atom is -0.474 e. The highest BCUT2D eigenvalue weighted by Crippen LogP contribution is 2.57. The number of nitrogens with zero attached hydrogens (tertiary/aromatic N) is 2. The molecule has 8 heteroatoms. The highest BCUT2D eigenvalue weighted by Gasteiger charge is 2.54. The largest absolute Gasteiger partial charge is 0.474 e. The summed E-state index contributed by atoms with van der Waals surface area (Å²) in [7, 11) is 0. The predicted octanol–water partition coefficient (Wildman–Crippen LogP) is 4.25. The summed E-state index contributed by atoms with van der Waals surface area (Å²) in [6, 6.07) is 9.62. The molecule has 2 saturated carbocycles. The first kappa shape index (κ1) is 17.7. The maximum Gasteiger partial charge on any atom is 0.254 e. The van der Waals surface area contributed by atoms with E-state index < -0.39 is 5.91 Å². The SMILES string of the molecule is NC(=O)c1cccnc1OC1CC2(CC(Nc3nc4c(Cl)cccc4s3)C2)C1. The Morgan fingerprint density at radius 1 is 1.25 bits per heavy atom. The van der Waals surface area contributed by atoms with Crippen LogP contribution < -0.4 is 15.8 Å². The topological polar surface area (TPSA) is 90.1 Å². The first-order valence-electron chi connectivity index (χ1n) is 9.24. The molecule has 0 unspecified atom stereocenters. The van der Waals surface area contributed by atoms with Crippen LogP contribution in [0.3, 0.4) is 0 Å². The molecule has 2 fully saturated rings. The van der Waals surface area contributed by atoms with Gasteiger partial charge in [0.25, 0.3) is 5.91 Å². The lowest BCUT2D eigenvalue weighted by Gasteiger charge is -2.57. The molecule has 0 bridgehead atoms. The van der Waals surface area contributed by atoms with Crippen LogP contribution in [0.5, 0.6) is 5.88 Å². The number of halogens is 1. The van der Waals surface area contributed by atoms with Crippen LogP contribution in [0.4, 0.5) is 5.13 Å². The number of pyridine rings is 1. The molecule has 5 rings (SSSR count). The van der Waals surface area contributed by atoms with Gasteiger partial charge in [-0.2, -0.15) is 0 Å². The second-order valence-electron chi connectivity index (χ2n) is 7.72. The number of nitrogens with one attached hydrogen (secondary N) is 1. The van der Waals surface area contributed by atoms with Crippen LogP contribution in [-0.4, -0.2) is 28.0 Å². The number of amides is 1. The molecule has 1 spiro atoms. The smallest absolute Gasteiger partial charge is 0.254 e. The van der Waals surface area contributed by atoms with Gasteiger partial charge in [-0.25, -0.2) is 9.97 Å². The maximum absolute atomic E-state index is 11.5. The third-order valence-electron chi connectivity index (χ3n) is 5.69. The Morgan fingerprint density at radius 2 is 2.07 bits per heavy atom. The van der Waals surface area contributed by atoms with Gasteiger partial charge in [-0.15, -0.1) is 0 Å². The Balaban J connectivity index is 1.16. The second kappa shape index (κ2) is 6.60. The van der Waals surface area contributed by atoms with Crippen LogP contribution in [0.2, 0.25) is 5.02 Å². The number of benzene rings is 1. The average Bonchev–Trinajstić information content (AvgIpc) is 3.02. The number of carbonyl (C=O) groups excluding carboxylic acids is 1. The number of hydrogen-bond acceptors (Lipinski definition) is 6. The van der Waals surface area contributed by atoms with E-state index in [9.17, 15) is 4.79 Å². The van der Waals surface area contributed by atoms with E-state index in [4.69, 9.17) is 22.1 Å². The third kappa shape index (κ3) is 3.08. The molecule has 0 radical (unpaired) electrons. The zero-order valence-electron chi connectivity index (χ0n) is 15.0. The lowest BCUT2D eigenvalue weighted by atomic mass is 9.53. The standard InChI is InChI=1S/C20H19ClN4O2S/c21-14-4-1-5-15-16(14)25-19(28-15)24-11-7-20(8-11)9-12(10-20)27-18-13(17(22)26)3-2-6-23-18/h1-6,11-12H,7-10H2,(H2,22,26)(H,24,25). The molecule has 1 aromatic carbocycles. The Hall–Kier alpha value is -2.38. The predicted molar refractivity (Wildman–Crippen MR) is 110 cm³/mol. The minimum atomic E-state index is -0.513. The molecule has 3 aromatic rings. The van der Waals surface area contributed by atoms with Gasteiger partial charge in [0.15, 0.2) is 5.13 Å². The number of aromatic nitrogens is 2. The van der Waals surface area contributed by atoms with Gasteiger partial charge in [-0.1, -0.05) is 29.0 Å². The maximum atomic E-state index is 11.5. The lowest BCUT2D eigenvalue weighted by molar-refractivity contribution is -0.0759. The lowest BCUT2D eigenvalue weighted by Crippen LogP contribution is -2.56. The molecule has 2 heterocycles. The molecule has 0 aliphatic heterocycles. The van der Waals surface area contributed by atoms with E-state index in [1.54, 1.807) is 29.7 Å². The first-order chi connectivity index (χ1) is 13.5. The number of thiazole rings is 1. The molecular formula is C20H19ClN4O2S. The fourth-order valence-electron chi connectivity index (χ4n) is 4.39. The second-order valence-corrected chi connectivity index (χ2v) is 9.16. The van der Waals surface area contributed by atoms with E-state index in [-0.39, 0.29) is 6.10 Å². The third-order valence-corrected chi connectivity index (χ3v) is 6.95. The Bertz CT molecular complexity index is 1060. The molecule has 0 atom stereocenters. The fourth-order valence-corrected chi connectivity index (χ4v) is 5.63. The Labute approximate surface area is 171 Å². The van der Waals surface area contributed by atoms with Gasteiger partial charge in [0.1, 0.15) is 17.2 Å². The first-order valence-corrected chi connectivity index (χ1v) is 10.4. The van der Waals surface area contributed by atoms with Crippen molar-refractivity contribution in [3.63, 3.8) is 0 Å². The molecular weight excluding hydrogens is 396 g/mol. The van der Waals surface area contributed by atoms with Crippen LogP contribution >= 0.6 is 22.9 Å². The van der Waals surface area contributed by atoms with Crippen molar-refractivity contribution in [2.75, 3.05) is 5.32 Å². The zero-order valence-corrected chi connectivity index (χ0v) is 16.6. The summed E-state index contributed by atoms with van der Waals surface area (Å²) in [5.41, 5.74) is 6.92. The van der Waals surface area contributed by atoms with Crippen molar-refractivity contribution >= 4 is 44.2 Å².